The SMILES string of the molecule is Cc1[c]nccc1C#N. The Labute approximate surface area is 53.8 Å². The van der Waals surface area contributed by atoms with E-state index in [-0.39, 0.29) is 0 Å². The fraction of sp³-hybridized carbons (Fsp3) is 0.143. The first-order valence-corrected chi connectivity index (χ1v) is 2.58. The second-order valence-electron chi connectivity index (χ2n) is 1.71. The molecule has 0 aliphatic rings. The van der Waals surface area contributed by atoms with E-state index in [0.29, 0.717) is 5.56 Å². The summed E-state index contributed by atoms with van der Waals surface area (Å²) < 4.78 is 0. The minimum Gasteiger partial charge on any atom is -0.254 e. The Morgan fingerprint density at radius 1 is 1.78 bits per heavy atom. The molecule has 2 nitrogen and oxygen atoms in total. The van der Waals surface area contributed by atoms with Gasteiger partial charge in [0, 0.05) is 6.20 Å². The molecule has 0 aliphatic heterocycles. The van der Waals surface area contributed by atoms with Crippen LogP contribution in [0.5, 0.6) is 0 Å². The summed E-state index contributed by atoms with van der Waals surface area (Å²) in [5.41, 5.74) is 1.45. The third kappa shape index (κ3) is 1.06. The topological polar surface area (TPSA) is 36.7 Å². The van der Waals surface area contributed by atoms with Crippen LogP contribution in [0.2, 0.25) is 0 Å². The quantitative estimate of drug-likeness (QED) is 0.509. The van der Waals surface area contributed by atoms with Crippen LogP contribution in [0.1, 0.15) is 11.1 Å². The summed E-state index contributed by atoms with van der Waals surface area (Å²) >= 11 is 0. The summed E-state index contributed by atoms with van der Waals surface area (Å²) in [4.78, 5) is 3.72. The Balaban J connectivity index is 3.20. The second kappa shape index (κ2) is 2.27. The van der Waals surface area contributed by atoms with Crippen molar-refractivity contribution in [2.24, 2.45) is 0 Å². The summed E-state index contributed by atoms with van der Waals surface area (Å²) in [6.45, 7) is 1.81. The predicted molar refractivity (Wildman–Crippen MR) is 32.5 cm³/mol. The Morgan fingerprint density at radius 2 is 2.56 bits per heavy atom. The Morgan fingerprint density at radius 3 is 3.00 bits per heavy atom. The second-order valence-corrected chi connectivity index (χ2v) is 1.71. The molecular weight excluding hydrogens is 112 g/mol. The zero-order chi connectivity index (χ0) is 6.69. The van der Waals surface area contributed by atoms with Gasteiger partial charge in [-0.25, -0.2) is 0 Å². The van der Waals surface area contributed by atoms with Gasteiger partial charge in [0.15, 0.2) is 0 Å². The number of nitrogens with zero attached hydrogens (tertiary/aromatic N) is 2. The maximum absolute atomic E-state index is 8.42. The van der Waals surface area contributed by atoms with E-state index < -0.39 is 0 Å². The first-order chi connectivity index (χ1) is 4.34. The number of pyridine rings is 1. The van der Waals surface area contributed by atoms with E-state index in [0.717, 1.165) is 5.56 Å². The monoisotopic (exact) mass is 117 g/mol. The number of hydrogen-bond donors (Lipinski definition) is 0. The number of nitriles is 1. The van der Waals surface area contributed by atoms with Crippen LogP contribution in [0.15, 0.2) is 12.3 Å². The van der Waals surface area contributed by atoms with Crippen LogP contribution in [0.4, 0.5) is 0 Å². The van der Waals surface area contributed by atoms with E-state index in [4.69, 9.17) is 5.26 Å². The van der Waals surface area contributed by atoms with Gasteiger partial charge in [-0.05, 0) is 18.6 Å². The van der Waals surface area contributed by atoms with Crippen molar-refractivity contribution in [2.45, 2.75) is 6.92 Å². The lowest BCUT2D eigenvalue weighted by atomic mass is 10.2. The smallest absolute Gasteiger partial charge is 0.0995 e. The van der Waals surface area contributed by atoms with Gasteiger partial charge in [-0.2, -0.15) is 5.26 Å². The third-order valence-corrected chi connectivity index (χ3v) is 1.07. The van der Waals surface area contributed by atoms with E-state index >= 15 is 0 Å². The van der Waals surface area contributed by atoms with Gasteiger partial charge in [0.25, 0.3) is 0 Å². The minimum absolute atomic E-state index is 0.644. The highest BCUT2D eigenvalue weighted by atomic mass is 14.6. The molecule has 0 saturated carbocycles. The molecule has 0 bridgehead atoms. The van der Waals surface area contributed by atoms with Crippen molar-refractivity contribution in [3.63, 3.8) is 0 Å². The lowest BCUT2D eigenvalue weighted by Crippen LogP contribution is -1.81. The average Bonchev–Trinajstić information content (AvgIpc) is 1.89. The maximum Gasteiger partial charge on any atom is 0.0995 e. The van der Waals surface area contributed by atoms with E-state index in [9.17, 15) is 0 Å². The number of rotatable bonds is 0. The molecule has 0 aromatic carbocycles. The highest BCUT2D eigenvalue weighted by molar-refractivity contribution is 5.32. The molecule has 1 aromatic heterocycles. The lowest BCUT2D eigenvalue weighted by molar-refractivity contribution is 1.23. The fourth-order valence-electron chi connectivity index (χ4n) is 0.552. The van der Waals surface area contributed by atoms with Crippen LogP contribution in [-0.2, 0) is 0 Å². The average molecular weight is 117 g/mol. The molecular formula is C7H5N2. The standard InChI is InChI=1S/C7H5N2/c1-6-5-9-3-2-7(6)4-8/h2-3H,1H3. The molecule has 1 rings (SSSR count). The van der Waals surface area contributed by atoms with E-state index in [1.54, 1.807) is 12.3 Å². The Kier molecular flexibility index (Phi) is 1.46. The zero-order valence-corrected chi connectivity index (χ0v) is 5.05. The zero-order valence-electron chi connectivity index (χ0n) is 5.05. The summed E-state index contributed by atoms with van der Waals surface area (Å²) in [7, 11) is 0. The fourth-order valence-corrected chi connectivity index (χ4v) is 0.552. The van der Waals surface area contributed by atoms with Gasteiger partial charge in [0.1, 0.15) is 0 Å². The van der Waals surface area contributed by atoms with Crippen molar-refractivity contribution in [2.75, 3.05) is 0 Å². The Bertz CT molecular complexity index is 247. The summed E-state index contributed by atoms with van der Waals surface area (Å²) in [6.07, 6.45) is 4.24. The molecule has 1 radical (unpaired) electrons. The summed E-state index contributed by atoms with van der Waals surface area (Å²) in [5, 5.41) is 8.42. The van der Waals surface area contributed by atoms with Gasteiger partial charge >= 0.3 is 0 Å². The lowest BCUT2D eigenvalue weighted by Gasteiger charge is -1.89. The molecule has 0 atom stereocenters. The van der Waals surface area contributed by atoms with Crippen molar-refractivity contribution in [1.29, 1.82) is 5.26 Å². The molecule has 0 fully saturated rings. The van der Waals surface area contributed by atoms with Crippen LogP contribution in [0.25, 0.3) is 0 Å². The van der Waals surface area contributed by atoms with Gasteiger partial charge in [-0.1, -0.05) is 0 Å². The van der Waals surface area contributed by atoms with Crippen LogP contribution >= 0.6 is 0 Å². The normalized spacial score (nSPS) is 8.44. The molecule has 9 heavy (non-hydrogen) atoms. The van der Waals surface area contributed by atoms with Gasteiger partial charge in [-0.3, -0.25) is 4.98 Å². The van der Waals surface area contributed by atoms with Crippen molar-refractivity contribution in [3.05, 3.63) is 29.6 Å². The minimum atomic E-state index is 0.644. The van der Waals surface area contributed by atoms with Crippen LogP contribution in [0.3, 0.4) is 0 Å². The van der Waals surface area contributed by atoms with Crippen molar-refractivity contribution >= 4 is 0 Å². The molecule has 0 saturated heterocycles. The van der Waals surface area contributed by atoms with Crippen LogP contribution < -0.4 is 0 Å². The molecule has 43 valence electrons. The Hall–Kier alpha value is -1.36. The number of aryl methyl sites for hydroxylation is 1. The van der Waals surface area contributed by atoms with Gasteiger partial charge in [0.05, 0.1) is 17.8 Å². The molecule has 1 heterocycles. The summed E-state index contributed by atoms with van der Waals surface area (Å²) in [5.74, 6) is 0. The van der Waals surface area contributed by atoms with Crippen molar-refractivity contribution < 1.29 is 0 Å². The molecule has 2 heteroatoms. The first kappa shape index (κ1) is 5.77. The molecule has 1 aromatic rings. The third-order valence-electron chi connectivity index (χ3n) is 1.07. The van der Waals surface area contributed by atoms with E-state index in [2.05, 4.69) is 11.2 Å². The van der Waals surface area contributed by atoms with Crippen LogP contribution in [-0.4, -0.2) is 4.98 Å². The highest BCUT2D eigenvalue weighted by Gasteiger charge is 1.91. The van der Waals surface area contributed by atoms with Crippen LogP contribution in [0, 0.1) is 24.5 Å². The largest absolute Gasteiger partial charge is 0.254 e. The molecule has 0 spiro atoms. The highest BCUT2D eigenvalue weighted by Crippen LogP contribution is 2.00. The molecule has 0 amide bonds. The number of aromatic nitrogens is 1. The van der Waals surface area contributed by atoms with Gasteiger partial charge < -0.3 is 0 Å². The van der Waals surface area contributed by atoms with Gasteiger partial charge in [-0.15, -0.1) is 0 Å². The van der Waals surface area contributed by atoms with E-state index in [1.165, 1.54) is 0 Å². The first-order valence-electron chi connectivity index (χ1n) is 2.58. The number of hydrogen-bond acceptors (Lipinski definition) is 2. The molecule has 0 unspecified atom stereocenters. The maximum atomic E-state index is 8.42. The molecule has 0 aliphatic carbocycles. The molecule has 0 N–H and O–H groups in total. The van der Waals surface area contributed by atoms with Gasteiger partial charge in [0.2, 0.25) is 0 Å². The van der Waals surface area contributed by atoms with Crippen molar-refractivity contribution in [1.82, 2.24) is 4.98 Å². The van der Waals surface area contributed by atoms with Crippen molar-refractivity contribution in [3.8, 4) is 6.07 Å². The van der Waals surface area contributed by atoms with E-state index in [1.807, 2.05) is 13.0 Å². The predicted octanol–water partition coefficient (Wildman–Crippen LogP) is 1.06. The summed E-state index contributed by atoms with van der Waals surface area (Å²) in [6, 6.07) is 3.70.